The zero-order valence-corrected chi connectivity index (χ0v) is 15.9. The van der Waals surface area contributed by atoms with E-state index in [1.54, 1.807) is 29.6 Å². The second kappa shape index (κ2) is 8.86. The quantitative estimate of drug-likeness (QED) is 0.466. The highest BCUT2D eigenvalue weighted by Gasteiger charge is 2.38. The maximum Gasteiger partial charge on any atom is 0.471 e. The van der Waals surface area contributed by atoms with Crippen LogP contribution in [0.3, 0.4) is 0 Å². The number of non-ortho nitro benzene ring substituents is 1. The van der Waals surface area contributed by atoms with Crippen molar-refractivity contribution in [2.75, 3.05) is 6.54 Å². The number of aromatic nitrogens is 1. The Morgan fingerprint density at radius 2 is 1.84 bits per heavy atom. The van der Waals surface area contributed by atoms with E-state index in [-0.39, 0.29) is 25.3 Å². The second-order valence-corrected chi connectivity index (χ2v) is 6.53. The van der Waals surface area contributed by atoms with Gasteiger partial charge in [0.25, 0.3) is 5.69 Å². The van der Waals surface area contributed by atoms with Gasteiger partial charge in [-0.2, -0.15) is 13.2 Å². The van der Waals surface area contributed by atoms with Crippen LogP contribution in [-0.4, -0.2) is 34.2 Å². The first-order valence-electron chi connectivity index (χ1n) is 9.01. The number of hydrogen-bond donors (Lipinski definition) is 1. The molecule has 0 unspecified atom stereocenters. The molecule has 3 aromatic rings. The number of alkyl halides is 3. The average molecular weight is 435 g/mol. The highest BCUT2D eigenvalue weighted by Crippen LogP contribution is 2.27. The minimum absolute atomic E-state index is 0.0106. The van der Waals surface area contributed by atoms with Gasteiger partial charge >= 0.3 is 18.2 Å². The Balaban J connectivity index is 1.84. The number of rotatable bonds is 6. The molecule has 0 aliphatic heterocycles. The summed E-state index contributed by atoms with van der Waals surface area (Å²) >= 11 is 0. The molecular weight excluding hydrogens is 419 g/mol. The number of nitro benzene ring substituents is 1. The Bertz CT molecular complexity index is 1130. The van der Waals surface area contributed by atoms with E-state index in [0.717, 1.165) is 10.1 Å². The van der Waals surface area contributed by atoms with Gasteiger partial charge in [-0.25, -0.2) is 4.79 Å². The smallest absolute Gasteiger partial charge is 0.444 e. The van der Waals surface area contributed by atoms with E-state index in [4.69, 9.17) is 4.74 Å². The van der Waals surface area contributed by atoms with Crippen molar-refractivity contribution < 1.29 is 32.4 Å². The van der Waals surface area contributed by atoms with Crippen molar-refractivity contribution in [2.24, 2.45) is 0 Å². The Labute approximate surface area is 173 Å². The molecule has 0 aliphatic carbocycles. The summed E-state index contributed by atoms with van der Waals surface area (Å²) in [5, 5.41) is 13.1. The molecular formula is C20H16F3N3O5. The summed E-state index contributed by atoms with van der Waals surface area (Å²) in [6.07, 6.45) is -4.53. The zero-order chi connectivity index (χ0) is 22.6. The monoisotopic (exact) mass is 435 g/mol. The summed E-state index contributed by atoms with van der Waals surface area (Å²) in [5.74, 6) is -2.09. The van der Waals surface area contributed by atoms with Gasteiger partial charge < -0.3 is 10.1 Å². The fraction of sp³-hybridized carbons (Fsp3) is 0.200. The lowest BCUT2D eigenvalue weighted by Crippen LogP contribution is -2.37. The fourth-order valence-corrected chi connectivity index (χ4v) is 2.95. The summed E-state index contributed by atoms with van der Waals surface area (Å²) < 4.78 is 43.5. The number of hydrogen-bond acceptors (Lipinski definition) is 5. The SMILES string of the molecule is O=C(OCc1ccccc1)n1cc(CCNC(=O)C(F)(F)F)c2cc([N+](=O)[O-])ccc21. The van der Waals surface area contributed by atoms with Crippen LogP contribution < -0.4 is 5.32 Å². The Kier molecular flexibility index (Phi) is 6.23. The molecule has 0 saturated heterocycles. The third-order valence-electron chi connectivity index (χ3n) is 4.42. The first-order chi connectivity index (χ1) is 14.7. The summed E-state index contributed by atoms with van der Waals surface area (Å²) in [6, 6.07) is 12.7. The van der Waals surface area contributed by atoms with Crippen LogP contribution in [0.15, 0.2) is 54.7 Å². The van der Waals surface area contributed by atoms with E-state index in [0.29, 0.717) is 16.5 Å². The maximum atomic E-state index is 12.6. The van der Waals surface area contributed by atoms with E-state index in [1.165, 1.54) is 24.4 Å². The van der Waals surface area contributed by atoms with Gasteiger partial charge in [0.1, 0.15) is 6.61 Å². The first kappa shape index (κ1) is 21.8. The van der Waals surface area contributed by atoms with Crippen LogP contribution in [0.1, 0.15) is 11.1 Å². The highest BCUT2D eigenvalue weighted by atomic mass is 19.4. The third kappa shape index (κ3) is 5.18. The minimum atomic E-state index is -5.02. The topological polar surface area (TPSA) is 103 Å². The number of ether oxygens (including phenoxy) is 1. The van der Waals surface area contributed by atoms with Crippen molar-refractivity contribution in [3.63, 3.8) is 0 Å². The van der Waals surface area contributed by atoms with Gasteiger partial charge in [0.05, 0.1) is 10.4 Å². The molecule has 8 nitrogen and oxygen atoms in total. The van der Waals surface area contributed by atoms with Crippen molar-refractivity contribution >= 4 is 28.6 Å². The number of carbonyl (C=O) groups excluding carboxylic acids is 2. The van der Waals surface area contributed by atoms with Crippen LogP contribution in [0.25, 0.3) is 10.9 Å². The van der Waals surface area contributed by atoms with Crippen LogP contribution in [0.4, 0.5) is 23.7 Å². The molecule has 0 radical (unpaired) electrons. The van der Waals surface area contributed by atoms with Gasteiger partial charge in [-0.05, 0) is 23.6 Å². The van der Waals surface area contributed by atoms with Gasteiger partial charge in [0, 0.05) is 30.3 Å². The van der Waals surface area contributed by atoms with Crippen LogP contribution >= 0.6 is 0 Å². The van der Waals surface area contributed by atoms with Crippen LogP contribution in [0.2, 0.25) is 0 Å². The predicted molar refractivity (Wildman–Crippen MR) is 103 cm³/mol. The maximum absolute atomic E-state index is 12.6. The fourth-order valence-electron chi connectivity index (χ4n) is 2.95. The summed E-state index contributed by atoms with van der Waals surface area (Å²) in [6.45, 7) is -0.386. The predicted octanol–water partition coefficient (Wildman–Crippen LogP) is 3.96. The van der Waals surface area contributed by atoms with Crippen LogP contribution in [-0.2, 0) is 22.6 Å². The number of nitro groups is 1. The van der Waals surface area contributed by atoms with Gasteiger partial charge in [-0.3, -0.25) is 19.5 Å². The van der Waals surface area contributed by atoms with E-state index < -0.39 is 23.1 Å². The molecule has 11 heteroatoms. The van der Waals surface area contributed by atoms with Crippen LogP contribution in [0.5, 0.6) is 0 Å². The minimum Gasteiger partial charge on any atom is -0.444 e. The molecule has 162 valence electrons. The zero-order valence-electron chi connectivity index (χ0n) is 15.9. The van der Waals surface area contributed by atoms with Gasteiger partial charge in [0.2, 0.25) is 0 Å². The van der Waals surface area contributed by atoms with Gasteiger partial charge in [-0.15, -0.1) is 0 Å². The van der Waals surface area contributed by atoms with Crippen molar-refractivity contribution in [3.8, 4) is 0 Å². The standard InChI is InChI=1S/C20H16F3N3O5/c21-20(22,23)18(27)24-9-8-14-11-25(17-7-6-15(26(29)30)10-16(14)17)19(28)31-12-13-4-2-1-3-5-13/h1-7,10-11H,8-9,12H2,(H,24,27). The highest BCUT2D eigenvalue weighted by molar-refractivity contribution is 5.93. The number of benzene rings is 2. The molecule has 0 saturated carbocycles. The van der Waals surface area contributed by atoms with E-state index in [1.807, 2.05) is 6.07 Å². The molecule has 0 bridgehead atoms. The Morgan fingerprint density at radius 3 is 2.48 bits per heavy atom. The average Bonchev–Trinajstić information content (AvgIpc) is 3.10. The number of nitrogens with one attached hydrogen (secondary N) is 1. The van der Waals surface area contributed by atoms with Gasteiger partial charge in [-0.1, -0.05) is 30.3 Å². The van der Waals surface area contributed by atoms with Crippen molar-refractivity contribution in [2.45, 2.75) is 19.2 Å². The van der Waals surface area contributed by atoms with E-state index in [9.17, 15) is 32.9 Å². The normalized spacial score (nSPS) is 11.3. The number of amides is 1. The first-order valence-corrected chi connectivity index (χ1v) is 9.01. The molecule has 1 N–H and O–H groups in total. The number of carbonyl (C=O) groups is 2. The molecule has 0 atom stereocenters. The molecule has 1 heterocycles. The summed E-state index contributed by atoms with van der Waals surface area (Å²) in [7, 11) is 0. The molecule has 0 aliphatic rings. The van der Waals surface area contributed by atoms with Crippen molar-refractivity contribution in [1.29, 1.82) is 0 Å². The summed E-state index contributed by atoms with van der Waals surface area (Å²) in [5.41, 5.74) is 1.14. The lowest BCUT2D eigenvalue weighted by atomic mass is 10.1. The van der Waals surface area contributed by atoms with Crippen molar-refractivity contribution in [1.82, 2.24) is 9.88 Å². The molecule has 0 spiro atoms. The Hall–Kier alpha value is -3.89. The number of nitrogens with zero attached hydrogens (tertiary/aromatic N) is 2. The van der Waals surface area contributed by atoms with Gasteiger partial charge in [0.15, 0.2) is 0 Å². The number of halogens is 3. The second-order valence-electron chi connectivity index (χ2n) is 6.53. The van der Waals surface area contributed by atoms with Crippen molar-refractivity contribution in [3.05, 3.63) is 76.0 Å². The van der Waals surface area contributed by atoms with E-state index in [2.05, 4.69) is 0 Å². The third-order valence-corrected chi connectivity index (χ3v) is 4.42. The molecule has 31 heavy (non-hydrogen) atoms. The largest absolute Gasteiger partial charge is 0.471 e. The van der Waals surface area contributed by atoms with Crippen LogP contribution in [0, 0.1) is 10.1 Å². The number of fused-ring (bicyclic) bond motifs is 1. The molecule has 2 aromatic carbocycles. The summed E-state index contributed by atoms with van der Waals surface area (Å²) in [4.78, 5) is 34.0. The molecule has 0 fully saturated rings. The lowest BCUT2D eigenvalue weighted by Gasteiger charge is -2.07. The van der Waals surface area contributed by atoms with E-state index >= 15 is 0 Å². The lowest BCUT2D eigenvalue weighted by molar-refractivity contribution is -0.384. The molecule has 3 rings (SSSR count). The molecule has 1 aromatic heterocycles. The molecule has 1 amide bonds. The Morgan fingerprint density at radius 1 is 1.13 bits per heavy atom.